The van der Waals surface area contributed by atoms with Crippen molar-refractivity contribution in [3.8, 4) is 0 Å². The van der Waals surface area contributed by atoms with Gasteiger partial charge < -0.3 is 0 Å². The lowest BCUT2D eigenvalue weighted by Crippen LogP contribution is -1.74. The van der Waals surface area contributed by atoms with E-state index in [0.717, 1.165) is 0 Å². The van der Waals surface area contributed by atoms with Crippen LogP contribution in [0, 0.1) is 0 Å². The van der Waals surface area contributed by atoms with E-state index in [9.17, 15) is 4.39 Å². The number of halogens is 1. The van der Waals surface area contributed by atoms with Crippen molar-refractivity contribution in [3.05, 3.63) is 11.9 Å². The van der Waals surface area contributed by atoms with E-state index in [1.54, 1.807) is 6.92 Å². The van der Waals surface area contributed by atoms with E-state index in [1.165, 1.54) is 12.3 Å². The van der Waals surface area contributed by atoms with Crippen LogP contribution in [0.5, 0.6) is 0 Å². The third kappa shape index (κ3) is 3.53. The minimum absolute atomic E-state index is 0.271. The highest BCUT2D eigenvalue weighted by molar-refractivity contribution is 5.75. The van der Waals surface area contributed by atoms with Crippen LogP contribution in [0.25, 0.3) is 0 Å². The van der Waals surface area contributed by atoms with E-state index in [4.69, 9.17) is 0 Å². The summed E-state index contributed by atoms with van der Waals surface area (Å²) in [6.45, 7) is 4.14. The molecule has 0 heterocycles. The van der Waals surface area contributed by atoms with E-state index in [0.29, 0.717) is 6.54 Å². The van der Waals surface area contributed by atoms with Crippen LogP contribution in [0.4, 0.5) is 4.39 Å². The minimum Gasteiger partial charge on any atom is -0.290 e. The average Bonchev–Trinajstić information content (AvgIpc) is 1.83. The van der Waals surface area contributed by atoms with Crippen LogP contribution in [0.15, 0.2) is 16.9 Å². The highest BCUT2D eigenvalue weighted by Gasteiger charge is 1.79. The smallest absolute Gasteiger partial charge is 0.136 e. The fraction of sp³-hybridized carbons (Fsp3) is 0.500. The van der Waals surface area contributed by atoms with Gasteiger partial charge in [0.15, 0.2) is 0 Å². The normalized spacial score (nSPS) is 13.1. The Bertz CT molecular complexity index is 105. The third-order valence-corrected chi connectivity index (χ3v) is 0.673. The lowest BCUT2D eigenvalue weighted by Gasteiger charge is -1.79. The SMILES string of the molecule is C/C=C(/F)C=NCC. The first-order valence-electron chi connectivity index (χ1n) is 2.63. The van der Waals surface area contributed by atoms with Gasteiger partial charge in [0.1, 0.15) is 5.83 Å². The van der Waals surface area contributed by atoms with Gasteiger partial charge in [0.2, 0.25) is 0 Å². The molecule has 0 aromatic heterocycles. The predicted octanol–water partition coefficient (Wildman–Crippen LogP) is 1.95. The molecule has 0 saturated carbocycles. The van der Waals surface area contributed by atoms with Crippen molar-refractivity contribution in [2.24, 2.45) is 4.99 Å². The van der Waals surface area contributed by atoms with Gasteiger partial charge in [-0.25, -0.2) is 4.39 Å². The Morgan fingerprint density at radius 2 is 2.38 bits per heavy atom. The van der Waals surface area contributed by atoms with Crippen molar-refractivity contribution in [3.63, 3.8) is 0 Å². The van der Waals surface area contributed by atoms with Crippen LogP contribution in [0.2, 0.25) is 0 Å². The van der Waals surface area contributed by atoms with Crippen LogP contribution in [0.1, 0.15) is 13.8 Å². The Kier molecular flexibility index (Phi) is 4.13. The Balaban J connectivity index is 3.53. The van der Waals surface area contributed by atoms with Crippen molar-refractivity contribution < 1.29 is 4.39 Å². The molecule has 0 aliphatic carbocycles. The molecule has 0 aromatic carbocycles. The lowest BCUT2D eigenvalue weighted by molar-refractivity contribution is 0.683. The summed E-state index contributed by atoms with van der Waals surface area (Å²) in [5.74, 6) is -0.271. The summed E-state index contributed by atoms with van der Waals surface area (Å²) in [4.78, 5) is 3.67. The Labute approximate surface area is 48.9 Å². The molecule has 1 nitrogen and oxygen atoms in total. The maximum absolute atomic E-state index is 12.0. The topological polar surface area (TPSA) is 12.4 Å². The molecule has 0 unspecified atom stereocenters. The van der Waals surface area contributed by atoms with Crippen molar-refractivity contribution in [1.29, 1.82) is 0 Å². The van der Waals surface area contributed by atoms with Crippen molar-refractivity contribution in [2.75, 3.05) is 6.54 Å². The summed E-state index contributed by atoms with van der Waals surface area (Å²) < 4.78 is 12.0. The summed E-state index contributed by atoms with van der Waals surface area (Å²) in [7, 11) is 0. The number of nitrogens with zero attached hydrogens (tertiary/aromatic N) is 1. The van der Waals surface area contributed by atoms with Gasteiger partial charge in [0.05, 0.1) is 6.21 Å². The van der Waals surface area contributed by atoms with Gasteiger partial charge in [0.25, 0.3) is 0 Å². The molecule has 0 saturated heterocycles. The lowest BCUT2D eigenvalue weighted by atomic mass is 10.5. The number of aliphatic imine (C=N–C) groups is 1. The van der Waals surface area contributed by atoms with Crippen molar-refractivity contribution in [2.45, 2.75) is 13.8 Å². The summed E-state index contributed by atoms with van der Waals surface area (Å²) in [6, 6.07) is 0. The zero-order valence-electron chi connectivity index (χ0n) is 5.19. The molecule has 0 atom stereocenters. The Morgan fingerprint density at radius 1 is 1.75 bits per heavy atom. The zero-order valence-corrected chi connectivity index (χ0v) is 5.19. The highest BCUT2D eigenvalue weighted by Crippen LogP contribution is 1.88. The van der Waals surface area contributed by atoms with Gasteiger partial charge in [-0.05, 0) is 13.8 Å². The van der Waals surface area contributed by atoms with Gasteiger partial charge in [-0.1, -0.05) is 6.08 Å². The molecule has 0 fully saturated rings. The molecule has 2 heteroatoms. The molecule has 0 amide bonds. The van der Waals surface area contributed by atoms with Crippen LogP contribution >= 0.6 is 0 Å². The molecule has 0 radical (unpaired) electrons. The molecule has 46 valence electrons. The molecule has 0 spiro atoms. The molecule has 0 aliphatic heterocycles. The van der Waals surface area contributed by atoms with E-state index in [-0.39, 0.29) is 5.83 Å². The molecular weight excluding hydrogens is 105 g/mol. The van der Waals surface area contributed by atoms with E-state index in [1.807, 2.05) is 6.92 Å². The van der Waals surface area contributed by atoms with E-state index < -0.39 is 0 Å². The third-order valence-electron chi connectivity index (χ3n) is 0.673. The molecule has 0 rings (SSSR count). The Hall–Kier alpha value is -0.660. The second-order valence-electron chi connectivity index (χ2n) is 1.30. The van der Waals surface area contributed by atoms with Gasteiger partial charge in [-0.2, -0.15) is 0 Å². The van der Waals surface area contributed by atoms with Gasteiger partial charge in [-0.15, -0.1) is 0 Å². The quantitative estimate of drug-likeness (QED) is 0.488. The summed E-state index contributed by atoms with van der Waals surface area (Å²) in [5, 5.41) is 0. The number of allylic oxidation sites excluding steroid dienone is 2. The second kappa shape index (κ2) is 4.50. The monoisotopic (exact) mass is 115 g/mol. The molecular formula is C6H10FN. The predicted molar refractivity (Wildman–Crippen MR) is 33.9 cm³/mol. The summed E-state index contributed by atoms with van der Waals surface area (Å²) in [6.07, 6.45) is 2.60. The van der Waals surface area contributed by atoms with Gasteiger partial charge in [-0.3, -0.25) is 4.99 Å². The maximum Gasteiger partial charge on any atom is 0.136 e. The van der Waals surface area contributed by atoms with Crippen LogP contribution in [-0.2, 0) is 0 Å². The largest absolute Gasteiger partial charge is 0.290 e. The standard InChI is InChI=1S/C6H10FN/c1-3-6(7)5-8-4-2/h3,5H,4H2,1-2H3/b6-3+,8-5?. The van der Waals surface area contributed by atoms with Crippen LogP contribution < -0.4 is 0 Å². The van der Waals surface area contributed by atoms with Gasteiger partial charge in [0, 0.05) is 6.54 Å². The molecule has 0 bridgehead atoms. The maximum atomic E-state index is 12.0. The van der Waals surface area contributed by atoms with E-state index in [2.05, 4.69) is 4.99 Å². The fourth-order valence-electron chi connectivity index (χ4n) is 0.253. The fourth-order valence-corrected chi connectivity index (χ4v) is 0.253. The highest BCUT2D eigenvalue weighted by atomic mass is 19.1. The minimum atomic E-state index is -0.271. The summed E-state index contributed by atoms with van der Waals surface area (Å²) >= 11 is 0. The first kappa shape index (κ1) is 7.34. The first-order chi connectivity index (χ1) is 3.81. The number of rotatable bonds is 2. The van der Waals surface area contributed by atoms with Crippen molar-refractivity contribution in [1.82, 2.24) is 0 Å². The van der Waals surface area contributed by atoms with Crippen molar-refractivity contribution >= 4 is 6.21 Å². The number of hydrogen-bond acceptors (Lipinski definition) is 1. The Morgan fingerprint density at radius 3 is 2.75 bits per heavy atom. The molecule has 8 heavy (non-hydrogen) atoms. The van der Waals surface area contributed by atoms with E-state index >= 15 is 0 Å². The average molecular weight is 115 g/mol. The first-order valence-corrected chi connectivity index (χ1v) is 2.63. The molecule has 0 aliphatic rings. The summed E-state index contributed by atoms with van der Waals surface area (Å²) in [5.41, 5.74) is 0. The molecule has 0 aromatic rings. The van der Waals surface area contributed by atoms with Gasteiger partial charge >= 0.3 is 0 Å². The number of hydrogen-bond donors (Lipinski definition) is 0. The molecule has 0 N–H and O–H groups in total. The second-order valence-corrected chi connectivity index (χ2v) is 1.30. The zero-order chi connectivity index (χ0) is 6.41. The van der Waals surface area contributed by atoms with Crippen LogP contribution in [0.3, 0.4) is 0 Å². The van der Waals surface area contributed by atoms with Crippen LogP contribution in [-0.4, -0.2) is 12.8 Å².